The Morgan fingerprint density at radius 3 is 2.48 bits per heavy atom. The first-order valence-electron chi connectivity index (χ1n) is 11.7. The monoisotopic (exact) mass is 450 g/mol. The maximum absolute atomic E-state index is 13.8. The van der Waals surface area contributed by atoms with Crippen LogP contribution in [0.15, 0.2) is 47.3 Å². The van der Waals surface area contributed by atoms with Crippen molar-refractivity contribution in [2.75, 3.05) is 37.7 Å². The second-order valence-corrected chi connectivity index (χ2v) is 10.1. The van der Waals surface area contributed by atoms with Gasteiger partial charge in [0.2, 0.25) is 0 Å². The minimum Gasteiger partial charge on any atom is -0.396 e. The summed E-state index contributed by atoms with van der Waals surface area (Å²) in [6.07, 6.45) is 2.30. The van der Waals surface area contributed by atoms with E-state index < -0.39 is 5.41 Å². The van der Waals surface area contributed by atoms with Gasteiger partial charge in [0.15, 0.2) is 0 Å². The normalized spacial score (nSPS) is 20.9. The highest BCUT2D eigenvalue weighted by Crippen LogP contribution is 2.30. The number of hydrogen-bond donors (Lipinski definition) is 1. The number of aliphatic hydroxyl groups is 1. The molecule has 0 amide bonds. The Bertz CT molecular complexity index is 1210. The molecule has 0 spiro atoms. The number of piperidine rings is 1. The van der Waals surface area contributed by atoms with Gasteiger partial charge in [-0.1, -0.05) is 13.8 Å². The van der Waals surface area contributed by atoms with Crippen LogP contribution in [0.5, 0.6) is 0 Å². The third-order valence-corrected chi connectivity index (χ3v) is 7.04. The number of aromatic nitrogens is 2. The molecule has 3 aromatic rings. The summed E-state index contributed by atoms with van der Waals surface area (Å²) in [7, 11) is 0. The molecule has 174 valence electrons. The summed E-state index contributed by atoms with van der Waals surface area (Å²) in [5.41, 5.74) is 1.72. The number of halogens is 1. The summed E-state index contributed by atoms with van der Waals surface area (Å²) in [5, 5.41) is 10.4. The Hall–Kier alpha value is -2.77. The molecular formula is C26H31FN4O2. The lowest BCUT2D eigenvalue weighted by Gasteiger charge is -2.33. The van der Waals surface area contributed by atoms with Crippen molar-refractivity contribution in [2.24, 2.45) is 5.41 Å². The maximum atomic E-state index is 13.8. The molecule has 2 aromatic carbocycles. The molecule has 6 rings (SSSR count). The van der Waals surface area contributed by atoms with E-state index in [9.17, 15) is 14.3 Å². The lowest BCUT2D eigenvalue weighted by Crippen LogP contribution is -2.38. The zero-order chi connectivity index (χ0) is 23.2. The van der Waals surface area contributed by atoms with Crippen LogP contribution in [0.3, 0.4) is 0 Å². The van der Waals surface area contributed by atoms with Crippen LogP contribution in [0.2, 0.25) is 0 Å². The number of nitrogens with zero attached hydrogens (tertiary/aromatic N) is 4. The molecule has 33 heavy (non-hydrogen) atoms. The van der Waals surface area contributed by atoms with Crippen molar-refractivity contribution >= 4 is 16.6 Å². The van der Waals surface area contributed by atoms with Gasteiger partial charge in [0.1, 0.15) is 11.6 Å². The van der Waals surface area contributed by atoms with Gasteiger partial charge in [0.05, 0.1) is 10.9 Å². The van der Waals surface area contributed by atoms with E-state index in [1.807, 2.05) is 26.0 Å². The summed E-state index contributed by atoms with van der Waals surface area (Å²) in [6, 6.07) is 12.5. The lowest BCUT2D eigenvalue weighted by molar-refractivity contribution is 0.140. The Morgan fingerprint density at radius 1 is 1.06 bits per heavy atom. The topological polar surface area (TPSA) is 61.6 Å². The zero-order valence-corrected chi connectivity index (χ0v) is 19.3. The molecule has 6 nitrogen and oxygen atoms in total. The fraction of sp³-hybridized carbons (Fsp3) is 0.462. The molecule has 1 N–H and O–H groups in total. The number of aliphatic hydroxyl groups excluding tert-OH is 1. The van der Waals surface area contributed by atoms with Crippen LogP contribution in [0.25, 0.3) is 22.3 Å². The SMILES string of the molecule is CC(C)(CO)Cn1c(-c2ccc(F)cc2)nc2ccc(N3CCN4CCC3CC4)cc2c1=O. The molecule has 3 saturated heterocycles. The molecule has 0 saturated carbocycles. The van der Waals surface area contributed by atoms with Crippen molar-refractivity contribution in [3.8, 4) is 11.4 Å². The van der Waals surface area contributed by atoms with Gasteiger partial charge >= 0.3 is 0 Å². The maximum Gasteiger partial charge on any atom is 0.261 e. The number of rotatable bonds is 5. The van der Waals surface area contributed by atoms with E-state index in [2.05, 4.69) is 15.9 Å². The second-order valence-electron chi connectivity index (χ2n) is 10.1. The lowest BCUT2D eigenvalue weighted by atomic mass is 9.94. The molecule has 0 aliphatic carbocycles. The average Bonchev–Trinajstić information content (AvgIpc) is 3.15. The van der Waals surface area contributed by atoms with E-state index in [4.69, 9.17) is 4.98 Å². The zero-order valence-electron chi connectivity index (χ0n) is 19.3. The molecule has 4 heterocycles. The van der Waals surface area contributed by atoms with Crippen LogP contribution >= 0.6 is 0 Å². The van der Waals surface area contributed by atoms with Gasteiger partial charge < -0.3 is 14.9 Å². The Labute approximate surface area is 193 Å². The third kappa shape index (κ3) is 4.27. The van der Waals surface area contributed by atoms with Crippen LogP contribution in [0, 0.1) is 11.2 Å². The predicted octanol–water partition coefficient (Wildman–Crippen LogP) is 3.51. The predicted molar refractivity (Wildman–Crippen MR) is 129 cm³/mol. The van der Waals surface area contributed by atoms with Crippen molar-refractivity contribution in [3.63, 3.8) is 0 Å². The highest BCUT2D eigenvalue weighted by molar-refractivity contribution is 5.83. The highest BCUT2D eigenvalue weighted by atomic mass is 19.1. The van der Waals surface area contributed by atoms with Crippen LogP contribution < -0.4 is 10.5 Å². The van der Waals surface area contributed by atoms with Gasteiger partial charge in [-0.05, 0) is 55.3 Å². The van der Waals surface area contributed by atoms with Crippen molar-refractivity contribution in [1.82, 2.24) is 14.5 Å². The summed E-state index contributed by atoms with van der Waals surface area (Å²) < 4.78 is 15.2. The molecule has 2 bridgehead atoms. The van der Waals surface area contributed by atoms with Crippen LogP contribution in [-0.4, -0.2) is 58.4 Å². The minimum atomic E-state index is -0.510. The standard InChI is InChI=1S/C26H31FN4O2/c1-26(2,17-32)16-31-24(18-3-5-19(27)6-4-18)28-23-8-7-21(15-22(23)25(31)33)30-14-13-29-11-9-20(30)10-12-29/h3-8,15,20,32H,9-14,16-17H2,1-2H3. The first-order chi connectivity index (χ1) is 15.8. The van der Waals surface area contributed by atoms with Crippen LogP contribution in [0.1, 0.15) is 26.7 Å². The van der Waals surface area contributed by atoms with Crippen molar-refractivity contribution in [3.05, 3.63) is 58.6 Å². The molecular weight excluding hydrogens is 419 g/mol. The summed E-state index contributed by atoms with van der Waals surface area (Å²) >= 11 is 0. The number of fused-ring (bicyclic) bond motifs is 5. The molecule has 3 fully saturated rings. The van der Waals surface area contributed by atoms with Gasteiger partial charge in [-0.3, -0.25) is 9.36 Å². The van der Waals surface area contributed by atoms with Crippen LogP contribution in [0.4, 0.5) is 10.1 Å². The van der Waals surface area contributed by atoms with E-state index in [1.165, 1.54) is 12.1 Å². The first-order valence-corrected chi connectivity index (χ1v) is 11.7. The van der Waals surface area contributed by atoms with E-state index >= 15 is 0 Å². The molecule has 0 unspecified atom stereocenters. The van der Waals surface area contributed by atoms with Gasteiger partial charge in [-0.2, -0.15) is 0 Å². The Morgan fingerprint density at radius 2 is 1.79 bits per heavy atom. The molecule has 3 aliphatic rings. The molecule has 0 radical (unpaired) electrons. The van der Waals surface area contributed by atoms with E-state index in [0.717, 1.165) is 44.7 Å². The van der Waals surface area contributed by atoms with Crippen molar-refractivity contribution in [1.29, 1.82) is 0 Å². The second kappa shape index (κ2) is 8.54. The largest absolute Gasteiger partial charge is 0.396 e. The number of anilines is 1. The van der Waals surface area contributed by atoms with Crippen LogP contribution in [-0.2, 0) is 6.54 Å². The van der Waals surface area contributed by atoms with E-state index in [-0.39, 0.29) is 18.0 Å². The smallest absolute Gasteiger partial charge is 0.261 e. The van der Waals surface area contributed by atoms with E-state index in [1.54, 1.807) is 16.7 Å². The van der Waals surface area contributed by atoms with Crippen molar-refractivity contribution < 1.29 is 9.50 Å². The summed E-state index contributed by atoms with van der Waals surface area (Å²) in [4.78, 5) is 23.6. The third-order valence-electron chi connectivity index (χ3n) is 7.04. The highest BCUT2D eigenvalue weighted by Gasteiger charge is 2.29. The van der Waals surface area contributed by atoms with Crippen molar-refractivity contribution in [2.45, 2.75) is 39.3 Å². The number of benzene rings is 2. The Kier molecular flexibility index (Phi) is 5.70. The quantitative estimate of drug-likeness (QED) is 0.645. The van der Waals surface area contributed by atoms with E-state index in [0.29, 0.717) is 34.9 Å². The molecule has 1 aromatic heterocycles. The fourth-order valence-corrected chi connectivity index (χ4v) is 5.06. The molecule has 3 aliphatic heterocycles. The van der Waals surface area contributed by atoms with Gasteiger partial charge in [0, 0.05) is 62.0 Å². The first kappa shape index (κ1) is 22.0. The average molecular weight is 451 g/mol. The Balaban J connectivity index is 1.64. The molecule has 7 heteroatoms. The minimum absolute atomic E-state index is 0.0632. The summed E-state index contributed by atoms with van der Waals surface area (Å²) in [5.74, 6) is 0.152. The molecule has 0 atom stereocenters. The van der Waals surface area contributed by atoms with Gasteiger partial charge in [-0.15, -0.1) is 0 Å². The van der Waals surface area contributed by atoms with Gasteiger partial charge in [0.25, 0.3) is 5.56 Å². The fourth-order valence-electron chi connectivity index (χ4n) is 5.06. The summed E-state index contributed by atoms with van der Waals surface area (Å²) in [6.45, 7) is 8.36. The number of hydrogen-bond acceptors (Lipinski definition) is 5. The van der Waals surface area contributed by atoms with Gasteiger partial charge in [-0.25, -0.2) is 9.37 Å².